The monoisotopic (exact) mass is 364 g/mol. The van der Waals surface area contributed by atoms with Crippen LogP contribution >= 0.6 is 0 Å². The lowest BCUT2D eigenvalue weighted by Gasteiger charge is -2.25. The molecule has 0 saturated carbocycles. The molecule has 26 heavy (non-hydrogen) atoms. The lowest BCUT2D eigenvalue weighted by atomic mass is 10.1. The maximum Gasteiger partial charge on any atom is 0.359 e. The van der Waals surface area contributed by atoms with E-state index in [1.54, 1.807) is 44.1 Å². The van der Waals surface area contributed by atoms with Gasteiger partial charge in [-0.15, -0.1) is 0 Å². The van der Waals surface area contributed by atoms with Crippen molar-refractivity contribution in [2.75, 3.05) is 27.4 Å². The minimum Gasteiger partial charge on any atom is -0.493 e. The van der Waals surface area contributed by atoms with Crippen molar-refractivity contribution in [2.24, 2.45) is 7.05 Å². The van der Waals surface area contributed by atoms with Gasteiger partial charge >= 0.3 is 5.97 Å². The number of carbonyl (C=O) groups is 1. The molecule has 2 aromatic rings. The highest BCUT2D eigenvalue weighted by Crippen LogP contribution is 2.32. The summed E-state index contributed by atoms with van der Waals surface area (Å²) in [5, 5.41) is 4.19. The molecule has 2 atom stereocenters. The van der Waals surface area contributed by atoms with Crippen LogP contribution in [0.3, 0.4) is 0 Å². The molecule has 7 nitrogen and oxygen atoms in total. The number of ether oxygens (including phenoxy) is 4. The second-order valence-electron chi connectivity index (χ2n) is 5.93. The molecule has 1 fully saturated rings. The first-order valence-corrected chi connectivity index (χ1v) is 8.22. The first kappa shape index (κ1) is 18.2. The second-order valence-corrected chi connectivity index (χ2v) is 5.93. The van der Waals surface area contributed by atoms with Crippen LogP contribution < -0.4 is 9.47 Å². The number of alkyl halides is 1. The Bertz CT molecular complexity index is 792. The standard InChI is InChI=1S/C18H21FN2O5/c1-21-14(11-4-5-16(23-2)17(8-11)24-3)9-13(20-21)18(22)26-15-6-7-25-10-12(15)19/h4-5,8-9,12,15H,6-7,10H2,1-3H3. The van der Waals surface area contributed by atoms with Crippen molar-refractivity contribution >= 4 is 5.97 Å². The number of methoxy groups -OCH3 is 2. The number of esters is 1. The van der Waals surface area contributed by atoms with Crippen molar-refractivity contribution < 1.29 is 28.1 Å². The van der Waals surface area contributed by atoms with Crippen LogP contribution in [0.4, 0.5) is 4.39 Å². The number of nitrogens with zero attached hydrogens (tertiary/aromatic N) is 2. The fourth-order valence-corrected chi connectivity index (χ4v) is 2.85. The second kappa shape index (κ2) is 7.74. The number of hydrogen-bond donors (Lipinski definition) is 0. The summed E-state index contributed by atoms with van der Waals surface area (Å²) >= 11 is 0. The first-order valence-electron chi connectivity index (χ1n) is 8.22. The lowest BCUT2D eigenvalue weighted by Crippen LogP contribution is -2.37. The van der Waals surface area contributed by atoms with Gasteiger partial charge in [0.2, 0.25) is 0 Å². The number of halogens is 1. The summed E-state index contributed by atoms with van der Waals surface area (Å²) in [6, 6.07) is 7.01. The summed E-state index contributed by atoms with van der Waals surface area (Å²) in [6.45, 7) is 0.314. The summed E-state index contributed by atoms with van der Waals surface area (Å²) in [7, 11) is 4.83. The van der Waals surface area contributed by atoms with Gasteiger partial charge in [0.15, 0.2) is 23.4 Å². The van der Waals surface area contributed by atoms with Crippen LogP contribution in [0.15, 0.2) is 24.3 Å². The minimum atomic E-state index is -1.32. The van der Waals surface area contributed by atoms with E-state index in [-0.39, 0.29) is 12.3 Å². The van der Waals surface area contributed by atoms with Gasteiger partial charge in [-0.25, -0.2) is 9.18 Å². The predicted octanol–water partition coefficient (Wildman–Crippen LogP) is 2.39. The molecule has 8 heteroatoms. The largest absolute Gasteiger partial charge is 0.493 e. The quantitative estimate of drug-likeness (QED) is 0.759. The van der Waals surface area contributed by atoms with E-state index in [0.717, 1.165) is 5.56 Å². The topological polar surface area (TPSA) is 71.8 Å². The number of carbonyl (C=O) groups excluding carboxylic acids is 1. The molecule has 1 aromatic heterocycles. The van der Waals surface area contributed by atoms with E-state index in [2.05, 4.69) is 5.10 Å². The Kier molecular flexibility index (Phi) is 5.41. The smallest absolute Gasteiger partial charge is 0.359 e. The number of benzene rings is 1. The zero-order valence-corrected chi connectivity index (χ0v) is 14.9. The van der Waals surface area contributed by atoms with Gasteiger partial charge in [0.1, 0.15) is 6.10 Å². The Balaban J connectivity index is 1.81. The molecule has 0 amide bonds. The van der Waals surface area contributed by atoms with Gasteiger partial charge < -0.3 is 18.9 Å². The maximum absolute atomic E-state index is 13.8. The van der Waals surface area contributed by atoms with Crippen LogP contribution in [0.5, 0.6) is 11.5 Å². The Labute approximate surface area is 150 Å². The minimum absolute atomic E-state index is 0.0585. The molecule has 0 radical (unpaired) electrons. The van der Waals surface area contributed by atoms with Gasteiger partial charge in [0.05, 0.1) is 33.1 Å². The predicted molar refractivity (Wildman–Crippen MR) is 91.3 cm³/mol. The van der Waals surface area contributed by atoms with E-state index in [1.807, 2.05) is 6.07 Å². The van der Waals surface area contributed by atoms with E-state index in [1.165, 1.54) is 0 Å². The SMILES string of the molecule is COc1ccc(-c2cc(C(=O)OC3CCOCC3F)nn2C)cc1OC. The summed E-state index contributed by atoms with van der Waals surface area (Å²) < 4.78 is 36.1. The molecular formula is C18H21FN2O5. The number of rotatable bonds is 5. The average molecular weight is 364 g/mol. The molecule has 0 aliphatic carbocycles. The van der Waals surface area contributed by atoms with E-state index in [4.69, 9.17) is 18.9 Å². The molecule has 140 valence electrons. The van der Waals surface area contributed by atoms with E-state index >= 15 is 0 Å². The highest BCUT2D eigenvalue weighted by molar-refractivity contribution is 5.89. The van der Waals surface area contributed by atoms with Gasteiger partial charge in [0, 0.05) is 19.0 Å². The Hall–Kier alpha value is -2.61. The van der Waals surface area contributed by atoms with Gasteiger partial charge in [-0.1, -0.05) is 0 Å². The third-order valence-electron chi connectivity index (χ3n) is 4.25. The molecule has 0 N–H and O–H groups in total. The van der Waals surface area contributed by atoms with Gasteiger partial charge in [-0.05, 0) is 24.3 Å². The zero-order chi connectivity index (χ0) is 18.7. The fourth-order valence-electron chi connectivity index (χ4n) is 2.85. The van der Waals surface area contributed by atoms with Crippen molar-refractivity contribution in [2.45, 2.75) is 18.7 Å². The highest BCUT2D eigenvalue weighted by atomic mass is 19.1. The number of aromatic nitrogens is 2. The van der Waals surface area contributed by atoms with Crippen LogP contribution in [-0.2, 0) is 16.5 Å². The third-order valence-corrected chi connectivity index (χ3v) is 4.25. The van der Waals surface area contributed by atoms with Crippen LogP contribution in [0.25, 0.3) is 11.3 Å². The van der Waals surface area contributed by atoms with Gasteiger partial charge in [0.25, 0.3) is 0 Å². The molecule has 0 bridgehead atoms. The molecule has 2 heterocycles. The molecule has 2 unspecified atom stereocenters. The molecule has 1 aliphatic rings. The summed E-state index contributed by atoms with van der Waals surface area (Å²) in [4.78, 5) is 12.3. The Morgan fingerprint density at radius 2 is 2.04 bits per heavy atom. The van der Waals surface area contributed by atoms with Crippen molar-refractivity contribution in [3.63, 3.8) is 0 Å². The van der Waals surface area contributed by atoms with Crippen molar-refractivity contribution in [3.8, 4) is 22.8 Å². The lowest BCUT2D eigenvalue weighted by molar-refractivity contribution is -0.0633. The van der Waals surface area contributed by atoms with Crippen molar-refractivity contribution in [1.82, 2.24) is 9.78 Å². The van der Waals surface area contributed by atoms with Gasteiger partial charge in [-0.3, -0.25) is 4.68 Å². The van der Waals surface area contributed by atoms with Gasteiger partial charge in [-0.2, -0.15) is 5.10 Å². The van der Waals surface area contributed by atoms with Crippen molar-refractivity contribution in [1.29, 1.82) is 0 Å². The first-order chi connectivity index (χ1) is 12.5. The van der Waals surface area contributed by atoms with E-state index in [9.17, 15) is 9.18 Å². The van der Waals surface area contributed by atoms with Crippen LogP contribution in [0.1, 0.15) is 16.9 Å². The molecule has 1 saturated heterocycles. The fraction of sp³-hybridized carbons (Fsp3) is 0.444. The third kappa shape index (κ3) is 3.65. The molecule has 1 aromatic carbocycles. The number of aryl methyl sites for hydroxylation is 1. The van der Waals surface area contributed by atoms with E-state index in [0.29, 0.717) is 30.2 Å². The maximum atomic E-state index is 13.8. The van der Waals surface area contributed by atoms with Crippen LogP contribution in [-0.4, -0.2) is 55.5 Å². The average Bonchev–Trinajstić information content (AvgIpc) is 3.05. The Morgan fingerprint density at radius 3 is 2.73 bits per heavy atom. The summed E-state index contributed by atoms with van der Waals surface area (Å²) in [6.07, 6.45) is -1.79. The normalized spacial score (nSPS) is 19.8. The van der Waals surface area contributed by atoms with E-state index < -0.39 is 18.2 Å². The van der Waals surface area contributed by atoms with Crippen molar-refractivity contribution in [3.05, 3.63) is 30.0 Å². The Morgan fingerprint density at radius 1 is 1.27 bits per heavy atom. The molecule has 0 spiro atoms. The summed E-state index contributed by atoms with van der Waals surface area (Å²) in [5.74, 6) is 0.520. The van der Waals surface area contributed by atoms with Crippen LogP contribution in [0, 0.1) is 0 Å². The molecule has 1 aliphatic heterocycles. The zero-order valence-electron chi connectivity index (χ0n) is 14.9. The molecule has 3 rings (SSSR count). The highest BCUT2D eigenvalue weighted by Gasteiger charge is 2.30. The van der Waals surface area contributed by atoms with Crippen LogP contribution in [0.2, 0.25) is 0 Å². The molecular weight excluding hydrogens is 343 g/mol. The summed E-state index contributed by atoms with van der Waals surface area (Å²) in [5.41, 5.74) is 1.61. The number of hydrogen-bond acceptors (Lipinski definition) is 6.